The Labute approximate surface area is 323 Å². The predicted octanol–water partition coefficient (Wildman–Crippen LogP) is 3.10. The van der Waals surface area contributed by atoms with Gasteiger partial charge in [0.05, 0.1) is 50.1 Å². The molecule has 0 aromatic carbocycles. The highest BCUT2D eigenvalue weighted by atomic mass is 16.5. The predicted molar refractivity (Wildman–Crippen MR) is 185 cm³/mol. The second-order valence-corrected chi connectivity index (χ2v) is 21.2. The minimum absolute atomic E-state index is 0.0230. The van der Waals surface area contributed by atoms with E-state index in [2.05, 4.69) is 0 Å². The highest BCUT2D eigenvalue weighted by molar-refractivity contribution is 6.03. The molecule has 16 rings (SSSR count). The van der Waals surface area contributed by atoms with Crippen molar-refractivity contribution in [3.63, 3.8) is 0 Å². The largest absolute Gasteiger partial charge is 0.469 e. The van der Waals surface area contributed by atoms with Crippen molar-refractivity contribution in [2.24, 2.45) is 114 Å². The van der Waals surface area contributed by atoms with E-state index in [0.717, 1.165) is 25.7 Å². The van der Waals surface area contributed by atoms with Crippen molar-refractivity contribution in [1.29, 1.82) is 0 Å². The topological polar surface area (TPSA) is 173 Å². The van der Waals surface area contributed by atoms with E-state index in [9.17, 15) is 38.4 Å². The number of rotatable bonds is 4. The number of carbonyl (C=O) groups is 8. The molecule has 0 amide bonds. The van der Waals surface area contributed by atoms with Gasteiger partial charge in [0.1, 0.15) is 23.1 Å². The van der Waals surface area contributed by atoms with Crippen molar-refractivity contribution >= 4 is 47.0 Å². The maximum absolute atomic E-state index is 13.5. The second-order valence-electron chi connectivity index (χ2n) is 21.2. The van der Waals surface area contributed by atoms with Gasteiger partial charge in [-0.05, 0) is 122 Å². The molecule has 16 aliphatic rings. The van der Waals surface area contributed by atoms with Gasteiger partial charge in [0.15, 0.2) is 0 Å². The first-order chi connectivity index (χ1) is 26.8. The van der Waals surface area contributed by atoms with Crippen molar-refractivity contribution in [2.75, 3.05) is 28.4 Å². The van der Waals surface area contributed by atoms with Crippen LogP contribution in [-0.2, 0) is 57.3 Å². The van der Waals surface area contributed by atoms with E-state index in [4.69, 9.17) is 18.9 Å². The highest BCUT2D eigenvalue weighted by Crippen LogP contribution is 3.00. The molecule has 0 aromatic rings. The molecule has 20 atom stereocenters. The molecule has 56 heavy (non-hydrogen) atoms. The minimum atomic E-state index is -0.963. The van der Waals surface area contributed by atoms with Crippen LogP contribution in [-0.4, -0.2) is 75.4 Å². The monoisotopic (exact) mass is 768 g/mol. The number of ether oxygens (including phenoxy) is 4. The van der Waals surface area contributed by atoms with Gasteiger partial charge in [0.25, 0.3) is 0 Å². The van der Waals surface area contributed by atoms with Crippen molar-refractivity contribution in [1.82, 2.24) is 0 Å². The Kier molecular flexibility index (Phi) is 5.43. The van der Waals surface area contributed by atoms with E-state index in [1.807, 2.05) is 0 Å². The van der Waals surface area contributed by atoms with Gasteiger partial charge in [-0.3, -0.25) is 38.4 Å². The molecule has 0 N–H and O–H groups in total. The van der Waals surface area contributed by atoms with Gasteiger partial charge in [0.2, 0.25) is 0 Å². The van der Waals surface area contributed by atoms with Gasteiger partial charge in [-0.1, -0.05) is 0 Å². The van der Waals surface area contributed by atoms with Gasteiger partial charge in [-0.25, -0.2) is 0 Å². The molecule has 0 radical (unpaired) electrons. The van der Waals surface area contributed by atoms with Crippen molar-refractivity contribution in [3.05, 3.63) is 0 Å². The zero-order valence-corrected chi connectivity index (χ0v) is 32.3. The fourth-order valence-electron chi connectivity index (χ4n) is 21.8. The molecule has 20 unspecified atom stereocenters. The van der Waals surface area contributed by atoms with Gasteiger partial charge in [-0.2, -0.15) is 0 Å². The summed E-state index contributed by atoms with van der Waals surface area (Å²) >= 11 is 0. The van der Waals surface area contributed by atoms with Gasteiger partial charge in [-0.15, -0.1) is 0 Å². The van der Waals surface area contributed by atoms with Crippen LogP contribution >= 0.6 is 0 Å². The molecular formula is C44H48O12. The summed E-state index contributed by atoms with van der Waals surface area (Å²) < 4.78 is 21.5. The Morgan fingerprint density at radius 3 is 0.714 bits per heavy atom. The second kappa shape index (κ2) is 9.07. The lowest BCUT2D eigenvalue weighted by Crippen LogP contribution is -2.70. The quantitative estimate of drug-likeness (QED) is 0.303. The fourth-order valence-corrected chi connectivity index (χ4v) is 21.8. The number of hydrogen-bond acceptors (Lipinski definition) is 12. The minimum Gasteiger partial charge on any atom is -0.469 e. The molecule has 0 aromatic heterocycles. The van der Waals surface area contributed by atoms with Crippen molar-refractivity contribution in [3.8, 4) is 0 Å². The first-order valence-corrected chi connectivity index (χ1v) is 21.3. The van der Waals surface area contributed by atoms with Crippen LogP contribution in [0.15, 0.2) is 0 Å². The maximum atomic E-state index is 13.5. The molecular weight excluding hydrogens is 720 g/mol. The molecule has 0 heterocycles. The number of Topliss-reactive ketones (excluding diaryl/α,β-unsaturated/α-hetero) is 4. The normalized spacial score (nSPS) is 60.6. The van der Waals surface area contributed by atoms with E-state index < -0.39 is 43.3 Å². The van der Waals surface area contributed by atoms with Crippen LogP contribution < -0.4 is 0 Å². The first kappa shape index (κ1) is 33.5. The van der Waals surface area contributed by atoms with Crippen LogP contribution in [0.2, 0.25) is 0 Å². The Bertz CT molecular complexity index is 1850. The summed E-state index contributed by atoms with van der Waals surface area (Å²) in [5.74, 6) is 0.00862. The molecule has 16 aliphatic carbocycles. The van der Waals surface area contributed by atoms with Crippen LogP contribution in [0.1, 0.15) is 77.0 Å². The summed E-state index contributed by atoms with van der Waals surface area (Å²) in [5, 5.41) is 0. The van der Waals surface area contributed by atoms with Gasteiger partial charge >= 0.3 is 23.9 Å². The standard InChI is InChI=1S/2C22H24O6/c2*1-27-17(25)21-9-7-20(6-4-12(20)24)16-13(9)14-10(22(16,21)18(26)28-2)8-19(15(14)21)5-3-11(19)23/h2*9-10,13-16H,3-8H2,1-2H3. The average Bonchev–Trinajstić information content (AvgIpc) is 4.09. The highest BCUT2D eigenvalue weighted by Gasteiger charge is 3.04. The molecule has 0 aliphatic heterocycles. The van der Waals surface area contributed by atoms with Crippen LogP contribution in [0, 0.1) is 114 Å². The maximum Gasteiger partial charge on any atom is 0.313 e. The summed E-state index contributed by atoms with van der Waals surface area (Å²) in [4.78, 5) is 105. The lowest BCUT2D eigenvalue weighted by molar-refractivity contribution is -0.221. The molecule has 12 heteroatoms. The fraction of sp³-hybridized carbons (Fsp3) is 0.818. The Balaban J connectivity index is 0.000000118. The number of hydrogen-bond donors (Lipinski definition) is 0. The summed E-state index contributed by atoms with van der Waals surface area (Å²) in [5.41, 5.74) is -5.60. The van der Waals surface area contributed by atoms with E-state index in [-0.39, 0.29) is 118 Å². The Morgan fingerprint density at radius 1 is 0.393 bits per heavy atom. The van der Waals surface area contributed by atoms with E-state index in [1.54, 1.807) is 0 Å². The lowest BCUT2D eigenvalue weighted by atomic mass is 9.37. The molecule has 12 nitrogen and oxygen atoms in total. The number of methoxy groups -OCH3 is 4. The smallest absolute Gasteiger partial charge is 0.313 e. The zero-order chi connectivity index (χ0) is 38.9. The molecule has 16 fully saturated rings. The average molecular weight is 769 g/mol. The molecule has 296 valence electrons. The molecule has 4 spiro atoms. The van der Waals surface area contributed by atoms with Crippen LogP contribution in [0.25, 0.3) is 0 Å². The molecule has 16 bridgehead atoms. The third kappa shape index (κ3) is 2.42. The summed E-state index contributed by atoms with van der Waals surface area (Å²) in [6.07, 6.45) is 8.41. The summed E-state index contributed by atoms with van der Waals surface area (Å²) in [7, 11) is 5.58. The summed E-state index contributed by atoms with van der Waals surface area (Å²) in [6, 6.07) is 0. The third-order valence-electron chi connectivity index (χ3n) is 22.2. The van der Waals surface area contributed by atoms with E-state index >= 15 is 0 Å². The number of esters is 4. The summed E-state index contributed by atoms with van der Waals surface area (Å²) in [6.45, 7) is 0. The molecule has 16 saturated carbocycles. The van der Waals surface area contributed by atoms with Crippen LogP contribution in [0.4, 0.5) is 0 Å². The van der Waals surface area contributed by atoms with E-state index in [0.29, 0.717) is 51.4 Å². The van der Waals surface area contributed by atoms with Crippen molar-refractivity contribution < 1.29 is 57.3 Å². The lowest BCUT2D eigenvalue weighted by Gasteiger charge is -2.63. The van der Waals surface area contributed by atoms with Gasteiger partial charge < -0.3 is 18.9 Å². The number of carbonyl (C=O) groups excluding carboxylic acids is 8. The SMILES string of the molecule is COC(=O)C12C3CC4(CCC4=O)C4C3C3C(CC5(CCC5=O)C31)C42C(=O)OC.COC(=O)C12C3CC4(CCC4=O)C4C3C3C(CC5(CCC5=O)C31)C42C(=O)OC. The zero-order valence-electron chi connectivity index (χ0n) is 32.3. The molecule has 0 saturated heterocycles. The Morgan fingerprint density at radius 2 is 0.589 bits per heavy atom. The van der Waals surface area contributed by atoms with Gasteiger partial charge in [0, 0.05) is 47.3 Å². The Hall–Kier alpha value is -3.44. The van der Waals surface area contributed by atoms with E-state index in [1.165, 1.54) is 28.4 Å². The number of ketones is 4. The first-order valence-electron chi connectivity index (χ1n) is 21.3. The third-order valence-corrected chi connectivity index (χ3v) is 22.2. The van der Waals surface area contributed by atoms with Crippen LogP contribution in [0.3, 0.4) is 0 Å². The van der Waals surface area contributed by atoms with Crippen LogP contribution in [0.5, 0.6) is 0 Å². The van der Waals surface area contributed by atoms with Crippen molar-refractivity contribution in [2.45, 2.75) is 77.0 Å².